The number of rotatable bonds is 1. The Balaban J connectivity index is 2.23. The summed E-state index contributed by atoms with van der Waals surface area (Å²) in [5.74, 6) is 0. The molecule has 2 aliphatic rings. The first-order valence-corrected chi connectivity index (χ1v) is 5.09. The lowest BCUT2D eigenvalue weighted by molar-refractivity contribution is 0.392. The summed E-state index contributed by atoms with van der Waals surface area (Å²) < 4.78 is 5.16. The molecule has 0 saturated heterocycles. The molecule has 0 aromatic rings. The topological polar surface area (TPSA) is 21.3 Å². The Morgan fingerprint density at radius 2 is 2.07 bits per heavy atom. The molecular weight excluding hydrogens is 174 g/mol. The van der Waals surface area contributed by atoms with E-state index in [4.69, 9.17) is 4.74 Å². The summed E-state index contributed by atoms with van der Waals surface area (Å²) in [5, 5.41) is 3.55. The van der Waals surface area contributed by atoms with Gasteiger partial charge in [-0.05, 0) is 45.3 Å². The van der Waals surface area contributed by atoms with E-state index in [0.717, 1.165) is 12.8 Å². The van der Waals surface area contributed by atoms with E-state index in [-0.39, 0.29) is 5.54 Å². The predicted molar refractivity (Wildman–Crippen MR) is 57.5 cm³/mol. The van der Waals surface area contributed by atoms with E-state index in [1.54, 1.807) is 6.26 Å². The van der Waals surface area contributed by atoms with Gasteiger partial charge in [0.15, 0.2) is 0 Å². The Morgan fingerprint density at radius 3 is 2.79 bits per heavy atom. The quantitative estimate of drug-likeness (QED) is 0.688. The predicted octanol–water partition coefficient (Wildman–Crippen LogP) is 2.85. The second kappa shape index (κ2) is 3.19. The number of nitrogens with one attached hydrogen (secondary N) is 1. The first kappa shape index (κ1) is 9.38. The van der Waals surface area contributed by atoms with Gasteiger partial charge in [0.05, 0.1) is 12.5 Å². The third kappa shape index (κ3) is 1.84. The SMILES string of the molecule is CC(C)(C)NC1=C2C=COC=C2CC1. The normalized spacial score (nSPS) is 20.4. The molecule has 76 valence electrons. The highest BCUT2D eigenvalue weighted by Crippen LogP contribution is 2.33. The fourth-order valence-electron chi connectivity index (χ4n) is 1.86. The highest BCUT2D eigenvalue weighted by molar-refractivity contribution is 5.48. The number of allylic oxidation sites excluding steroid dienone is 4. The van der Waals surface area contributed by atoms with Crippen LogP contribution in [0.2, 0.25) is 0 Å². The van der Waals surface area contributed by atoms with Crippen LogP contribution in [0.1, 0.15) is 33.6 Å². The van der Waals surface area contributed by atoms with E-state index in [0.29, 0.717) is 0 Å². The standard InChI is InChI=1S/C12H17NO/c1-12(2,3)13-11-5-4-9-8-14-7-6-10(9)11/h6-8,13H,4-5H2,1-3H3. The lowest BCUT2D eigenvalue weighted by Crippen LogP contribution is -2.34. The molecule has 0 aromatic heterocycles. The summed E-state index contributed by atoms with van der Waals surface area (Å²) >= 11 is 0. The van der Waals surface area contributed by atoms with Gasteiger partial charge in [-0.3, -0.25) is 0 Å². The van der Waals surface area contributed by atoms with Crippen molar-refractivity contribution in [3.8, 4) is 0 Å². The summed E-state index contributed by atoms with van der Waals surface area (Å²) in [6.07, 6.45) is 7.85. The van der Waals surface area contributed by atoms with Crippen molar-refractivity contribution in [1.29, 1.82) is 0 Å². The lowest BCUT2D eigenvalue weighted by atomic mass is 10.1. The maximum absolute atomic E-state index is 5.16. The zero-order chi connectivity index (χ0) is 10.2. The fourth-order valence-corrected chi connectivity index (χ4v) is 1.86. The van der Waals surface area contributed by atoms with Crippen LogP contribution in [0, 0.1) is 0 Å². The molecule has 0 aromatic carbocycles. The molecule has 0 atom stereocenters. The Kier molecular flexibility index (Phi) is 2.14. The van der Waals surface area contributed by atoms with Gasteiger partial charge in [-0.2, -0.15) is 0 Å². The fraction of sp³-hybridized carbons (Fsp3) is 0.500. The van der Waals surface area contributed by atoms with Crippen LogP contribution in [-0.2, 0) is 4.74 Å². The van der Waals surface area contributed by atoms with Crippen molar-refractivity contribution in [2.45, 2.75) is 39.2 Å². The minimum atomic E-state index is 0.143. The van der Waals surface area contributed by atoms with E-state index in [2.05, 4.69) is 32.2 Å². The first-order chi connectivity index (χ1) is 6.56. The minimum absolute atomic E-state index is 0.143. The van der Waals surface area contributed by atoms with Crippen LogP contribution in [0.15, 0.2) is 35.4 Å². The van der Waals surface area contributed by atoms with Gasteiger partial charge in [-0.15, -0.1) is 0 Å². The largest absolute Gasteiger partial charge is 0.472 e. The molecule has 0 saturated carbocycles. The molecule has 0 radical (unpaired) electrons. The molecule has 1 N–H and O–H groups in total. The molecule has 2 rings (SSSR count). The Bertz CT molecular complexity index is 329. The molecule has 0 amide bonds. The molecule has 0 fully saturated rings. The Morgan fingerprint density at radius 1 is 1.29 bits per heavy atom. The molecule has 0 bridgehead atoms. The van der Waals surface area contributed by atoms with E-state index < -0.39 is 0 Å². The average Bonchev–Trinajstić information content (AvgIpc) is 2.47. The van der Waals surface area contributed by atoms with E-state index in [1.807, 2.05) is 6.26 Å². The van der Waals surface area contributed by atoms with Crippen molar-refractivity contribution >= 4 is 0 Å². The summed E-state index contributed by atoms with van der Waals surface area (Å²) in [5.41, 5.74) is 4.14. The number of hydrogen-bond donors (Lipinski definition) is 1. The van der Waals surface area contributed by atoms with Gasteiger partial charge in [0, 0.05) is 16.8 Å². The highest BCUT2D eigenvalue weighted by Gasteiger charge is 2.22. The Labute approximate surface area is 85.3 Å². The number of fused-ring (bicyclic) bond motifs is 1. The summed E-state index contributed by atoms with van der Waals surface area (Å²) in [6.45, 7) is 6.56. The van der Waals surface area contributed by atoms with Gasteiger partial charge in [-0.25, -0.2) is 0 Å². The maximum Gasteiger partial charge on any atom is 0.0940 e. The van der Waals surface area contributed by atoms with Crippen molar-refractivity contribution < 1.29 is 4.74 Å². The van der Waals surface area contributed by atoms with Gasteiger partial charge in [0.1, 0.15) is 0 Å². The molecule has 1 aliphatic heterocycles. The lowest BCUT2D eigenvalue weighted by Gasteiger charge is -2.23. The summed E-state index contributed by atoms with van der Waals surface area (Å²) in [7, 11) is 0. The maximum atomic E-state index is 5.16. The van der Waals surface area contributed by atoms with E-state index in [1.165, 1.54) is 16.8 Å². The van der Waals surface area contributed by atoms with Crippen LogP contribution in [0.3, 0.4) is 0 Å². The van der Waals surface area contributed by atoms with Crippen molar-refractivity contribution in [3.63, 3.8) is 0 Å². The highest BCUT2D eigenvalue weighted by atomic mass is 16.5. The van der Waals surface area contributed by atoms with Gasteiger partial charge in [-0.1, -0.05) is 0 Å². The van der Waals surface area contributed by atoms with Crippen molar-refractivity contribution in [2.24, 2.45) is 0 Å². The van der Waals surface area contributed by atoms with Crippen molar-refractivity contribution in [1.82, 2.24) is 5.32 Å². The molecule has 0 spiro atoms. The van der Waals surface area contributed by atoms with Gasteiger partial charge >= 0.3 is 0 Å². The molecule has 0 unspecified atom stereocenters. The van der Waals surface area contributed by atoms with Gasteiger partial charge in [0.25, 0.3) is 0 Å². The van der Waals surface area contributed by atoms with Gasteiger partial charge < -0.3 is 10.1 Å². The zero-order valence-electron chi connectivity index (χ0n) is 9.05. The zero-order valence-corrected chi connectivity index (χ0v) is 9.05. The first-order valence-electron chi connectivity index (χ1n) is 5.09. The third-order valence-corrected chi connectivity index (χ3v) is 2.36. The second-order valence-electron chi connectivity index (χ2n) is 4.85. The molecule has 2 heteroatoms. The molecule has 14 heavy (non-hydrogen) atoms. The summed E-state index contributed by atoms with van der Waals surface area (Å²) in [6, 6.07) is 0. The number of ether oxygens (including phenoxy) is 1. The van der Waals surface area contributed by atoms with E-state index >= 15 is 0 Å². The van der Waals surface area contributed by atoms with Crippen LogP contribution in [-0.4, -0.2) is 5.54 Å². The van der Waals surface area contributed by atoms with Crippen LogP contribution < -0.4 is 5.32 Å². The smallest absolute Gasteiger partial charge is 0.0940 e. The van der Waals surface area contributed by atoms with Gasteiger partial charge in [0.2, 0.25) is 0 Å². The van der Waals surface area contributed by atoms with Crippen LogP contribution >= 0.6 is 0 Å². The van der Waals surface area contributed by atoms with E-state index in [9.17, 15) is 0 Å². The molecule has 1 heterocycles. The summed E-state index contributed by atoms with van der Waals surface area (Å²) in [4.78, 5) is 0. The van der Waals surface area contributed by atoms with Crippen LogP contribution in [0.4, 0.5) is 0 Å². The average molecular weight is 191 g/mol. The van der Waals surface area contributed by atoms with Crippen LogP contribution in [0.25, 0.3) is 0 Å². The molecule has 2 nitrogen and oxygen atoms in total. The minimum Gasteiger partial charge on any atom is -0.472 e. The monoisotopic (exact) mass is 191 g/mol. The molecular formula is C12H17NO. The Hall–Kier alpha value is -1.18. The molecule has 1 aliphatic carbocycles. The van der Waals surface area contributed by atoms with Crippen molar-refractivity contribution in [2.75, 3.05) is 0 Å². The van der Waals surface area contributed by atoms with Crippen LogP contribution in [0.5, 0.6) is 0 Å². The number of hydrogen-bond acceptors (Lipinski definition) is 2. The van der Waals surface area contributed by atoms with Crippen molar-refractivity contribution in [3.05, 3.63) is 35.4 Å². The third-order valence-electron chi connectivity index (χ3n) is 2.36. The second-order valence-corrected chi connectivity index (χ2v) is 4.85.